The predicted octanol–water partition coefficient (Wildman–Crippen LogP) is 1.45. The average molecular weight is 289 g/mol. The number of aliphatic hydroxyl groups is 1. The predicted molar refractivity (Wildman–Crippen MR) is 76.8 cm³/mol. The lowest BCUT2D eigenvalue weighted by molar-refractivity contribution is -0.0228. The fourth-order valence-corrected chi connectivity index (χ4v) is 2.45. The van der Waals surface area contributed by atoms with Crippen molar-refractivity contribution in [3.05, 3.63) is 29.3 Å². The first kappa shape index (κ1) is 15.1. The lowest BCUT2D eigenvalue weighted by Crippen LogP contribution is -2.59. The molecule has 0 fully saturated rings. The Labute approximate surface area is 123 Å². The number of hydrogen-bond donors (Lipinski definition) is 3. The number of hydrogen-bond acceptors (Lipinski definition) is 4. The third-order valence-electron chi connectivity index (χ3n) is 3.52. The van der Waals surface area contributed by atoms with Crippen LogP contribution in [0.2, 0.25) is 0 Å². The molecule has 1 aromatic carbocycles. The molecule has 3 N–H and O–H groups in total. The number of rotatable bonds is 2. The second-order valence-corrected chi connectivity index (χ2v) is 5.50. The van der Waals surface area contributed by atoms with Crippen LogP contribution in [-0.2, 0) is 0 Å². The zero-order valence-electron chi connectivity index (χ0n) is 12.3. The normalized spacial score (nSPS) is 22.4. The zero-order valence-corrected chi connectivity index (χ0v) is 12.3. The summed E-state index contributed by atoms with van der Waals surface area (Å²) in [5, 5.41) is 24.9. The number of carbonyl (C=O) groups is 1. The van der Waals surface area contributed by atoms with E-state index in [2.05, 4.69) is 10.6 Å². The summed E-state index contributed by atoms with van der Waals surface area (Å²) in [6.07, 6.45) is -0.945. The molecule has 2 unspecified atom stereocenters. The molecule has 0 radical (unpaired) electrons. The molecule has 1 heterocycles. The van der Waals surface area contributed by atoms with Gasteiger partial charge in [-0.05, 0) is 39.0 Å². The van der Waals surface area contributed by atoms with Crippen molar-refractivity contribution in [3.63, 3.8) is 0 Å². The molecule has 2 amide bonds. The Morgan fingerprint density at radius 2 is 2.24 bits per heavy atom. The van der Waals surface area contributed by atoms with Gasteiger partial charge < -0.3 is 20.5 Å². The summed E-state index contributed by atoms with van der Waals surface area (Å²) in [5.74, 6) is 0.528. The van der Waals surface area contributed by atoms with Crippen molar-refractivity contribution in [2.24, 2.45) is 0 Å². The zero-order chi connectivity index (χ0) is 15.6. The number of nitrogens with zero attached hydrogens (tertiary/aromatic N) is 1. The van der Waals surface area contributed by atoms with Crippen molar-refractivity contribution in [1.82, 2.24) is 10.6 Å². The molecule has 6 heteroatoms. The molecule has 21 heavy (non-hydrogen) atoms. The molecule has 0 aliphatic carbocycles. The largest absolute Gasteiger partial charge is 0.485 e. The van der Waals surface area contributed by atoms with E-state index in [0.717, 1.165) is 0 Å². The lowest BCUT2D eigenvalue weighted by Gasteiger charge is -2.43. The minimum atomic E-state index is -0.945. The van der Waals surface area contributed by atoms with Crippen molar-refractivity contribution in [2.45, 2.75) is 38.5 Å². The first-order valence-electron chi connectivity index (χ1n) is 6.84. The highest BCUT2D eigenvalue weighted by Crippen LogP contribution is 2.40. The smallest absolute Gasteiger partial charge is 0.315 e. The first-order chi connectivity index (χ1) is 9.89. The van der Waals surface area contributed by atoms with Crippen LogP contribution in [0.5, 0.6) is 5.75 Å². The minimum Gasteiger partial charge on any atom is -0.485 e. The molecule has 1 aliphatic heterocycles. The van der Waals surface area contributed by atoms with E-state index < -0.39 is 17.7 Å². The van der Waals surface area contributed by atoms with Crippen LogP contribution in [-0.4, -0.2) is 29.3 Å². The number of aliphatic hydroxyl groups excluding tert-OH is 1. The van der Waals surface area contributed by atoms with Crippen molar-refractivity contribution < 1.29 is 14.6 Å². The van der Waals surface area contributed by atoms with Crippen molar-refractivity contribution in [2.75, 3.05) is 6.54 Å². The molecule has 2 rings (SSSR count). The highest BCUT2D eigenvalue weighted by atomic mass is 16.5. The second-order valence-electron chi connectivity index (χ2n) is 5.50. The van der Waals surface area contributed by atoms with Gasteiger partial charge in [-0.15, -0.1) is 0 Å². The maximum absolute atomic E-state index is 11.7. The fourth-order valence-electron chi connectivity index (χ4n) is 2.45. The standard InChI is InChI=1S/C15H19N3O3/c1-4-17-14(20)18-13-12(19)10-7-9(8-16)5-6-11(10)21-15(13,2)3/h5-7,12-13,19H,4H2,1-3H3,(H2,17,18,20). The Morgan fingerprint density at radius 1 is 1.52 bits per heavy atom. The molecular weight excluding hydrogens is 270 g/mol. The van der Waals surface area contributed by atoms with E-state index in [1.165, 1.54) is 0 Å². The molecule has 2 atom stereocenters. The van der Waals surface area contributed by atoms with E-state index in [4.69, 9.17) is 10.00 Å². The molecule has 1 aliphatic rings. The summed E-state index contributed by atoms with van der Waals surface area (Å²) in [6.45, 7) is 5.90. The number of carbonyl (C=O) groups excluding carboxylic acids is 1. The summed E-state index contributed by atoms with van der Waals surface area (Å²) in [7, 11) is 0. The van der Waals surface area contributed by atoms with E-state index in [0.29, 0.717) is 23.4 Å². The quantitative estimate of drug-likeness (QED) is 0.768. The monoisotopic (exact) mass is 289 g/mol. The van der Waals surface area contributed by atoms with E-state index in [9.17, 15) is 9.90 Å². The Hall–Kier alpha value is -2.26. The molecule has 0 spiro atoms. The van der Waals surface area contributed by atoms with Gasteiger partial charge in [0.05, 0.1) is 17.7 Å². The summed E-state index contributed by atoms with van der Waals surface area (Å²) in [6, 6.07) is 5.94. The SMILES string of the molecule is CCNC(=O)NC1C(O)c2cc(C#N)ccc2OC1(C)C. The van der Waals surface area contributed by atoms with Crippen LogP contribution in [0.15, 0.2) is 18.2 Å². The van der Waals surface area contributed by atoms with Gasteiger partial charge in [-0.25, -0.2) is 4.79 Å². The molecule has 0 saturated heterocycles. The summed E-state index contributed by atoms with van der Waals surface area (Å²) in [4.78, 5) is 11.7. The molecule has 112 valence electrons. The van der Waals surface area contributed by atoms with E-state index in [1.54, 1.807) is 32.0 Å². The molecule has 0 aromatic heterocycles. The topological polar surface area (TPSA) is 94.4 Å². The maximum Gasteiger partial charge on any atom is 0.315 e. The number of urea groups is 1. The van der Waals surface area contributed by atoms with Crippen LogP contribution >= 0.6 is 0 Å². The first-order valence-corrected chi connectivity index (χ1v) is 6.84. The average Bonchev–Trinajstić information content (AvgIpc) is 2.43. The summed E-state index contributed by atoms with van der Waals surface area (Å²) in [5.41, 5.74) is 0.175. The molecule has 0 saturated carbocycles. The van der Waals surface area contributed by atoms with Crippen molar-refractivity contribution in [1.29, 1.82) is 5.26 Å². The van der Waals surface area contributed by atoms with Gasteiger partial charge in [0, 0.05) is 12.1 Å². The Morgan fingerprint density at radius 3 is 2.86 bits per heavy atom. The number of amides is 2. The van der Waals surface area contributed by atoms with Gasteiger partial charge in [0.1, 0.15) is 17.5 Å². The van der Waals surface area contributed by atoms with Crippen LogP contribution in [0, 0.1) is 11.3 Å². The van der Waals surface area contributed by atoms with Gasteiger partial charge in [0.25, 0.3) is 0 Å². The van der Waals surface area contributed by atoms with Crippen molar-refractivity contribution in [3.8, 4) is 11.8 Å². The molecular formula is C15H19N3O3. The summed E-state index contributed by atoms with van der Waals surface area (Å²) < 4.78 is 5.87. The van der Waals surface area contributed by atoms with E-state index >= 15 is 0 Å². The number of fused-ring (bicyclic) bond motifs is 1. The third-order valence-corrected chi connectivity index (χ3v) is 3.52. The molecule has 1 aromatic rings. The van der Waals surface area contributed by atoms with Crippen LogP contribution in [0.1, 0.15) is 38.0 Å². The Kier molecular flexibility index (Phi) is 4.05. The Bertz CT molecular complexity index is 592. The van der Waals surface area contributed by atoms with Gasteiger partial charge in [0.2, 0.25) is 0 Å². The maximum atomic E-state index is 11.7. The minimum absolute atomic E-state index is 0.363. The van der Waals surface area contributed by atoms with Crippen LogP contribution in [0.4, 0.5) is 4.79 Å². The van der Waals surface area contributed by atoms with Crippen LogP contribution < -0.4 is 15.4 Å². The number of nitriles is 1. The van der Waals surface area contributed by atoms with Crippen molar-refractivity contribution >= 4 is 6.03 Å². The molecule has 6 nitrogen and oxygen atoms in total. The number of benzene rings is 1. The molecule has 0 bridgehead atoms. The number of ether oxygens (including phenoxy) is 1. The second kappa shape index (κ2) is 5.62. The number of nitrogens with one attached hydrogen (secondary N) is 2. The van der Waals surface area contributed by atoms with E-state index in [1.807, 2.05) is 13.0 Å². The van der Waals surface area contributed by atoms with E-state index in [-0.39, 0.29) is 6.03 Å². The lowest BCUT2D eigenvalue weighted by atomic mass is 9.85. The van der Waals surface area contributed by atoms with Gasteiger partial charge in [-0.2, -0.15) is 5.26 Å². The highest BCUT2D eigenvalue weighted by molar-refractivity contribution is 5.74. The van der Waals surface area contributed by atoms with Gasteiger partial charge >= 0.3 is 6.03 Å². The highest BCUT2D eigenvalue weighted by Gasteiger charge is 2.44. The van der Waals surface area contributed by atoms with Gasteiger partial charge in [0.15, 0.2) is 0 Å². The van der Waals surface area contributed by atoms with Crippen LogP contribution in [0.25, 0.3) is 0 Å². The summed E-state index contributed by atoms with van der Waals surface area (Å²) >= 11 is 0. The van der Waals surface area contributed by atoms with Gasteiger partial charge in [-0.1, -0.05) is 0 Å². The van der Waals surface area contributed by atoms with Crippen LogP contribution in [0.3, 0.4) is 0 Å². The third kappa shape index (κ3) is 2.93. The van der Waals surface area contributed by atoms with Gasteiger partial charge in [-0.3, -0.25) is 0 Å². The Balaban J connectivity index is 2.34. The fraction of sp³-hybridized carbons (Fsp3) is 0.467.